The molecule has 1 fully saturated rings. The smallest absolute Gasteiger partial charge is 0.328 e. The third kappa shape index (κ3) is 3.33. The normalized spacial score (nSPS) is 25.3. The van der Waals surface area contributed by atoms with Crippen LogP contribution >= 0.6 is 0 Å². The lowest BCUT2D eigenvalue weighted by Gasteiger charge is -2.23. The minimum absolute atomic E-state index is 0.271. The monoisotopic (exact) mass is 259 g/mol. The number of urea groups is 1. The third-order valence-electron chi connectivity index (χ3n) is 3.30. The van der Waals surface area contributed by atoms with Gasteiger partial charge in [0.25, 0.3) is 0 Å². The number of rotatable bonds is 4. The van der Waals surface area contributed by atoms with E-state index in [0.717, 1.165) is 0 Å². The van der Waals surface area contributed by atoms with E-state index in [9.17, 15) is 9.59 Å². The van der Waals surface area contributed by atoms with E-state index in [1.807, 2.05) is 14.1 Å². The lowest BCUT2D eigenvalue weighted by molar-refractivity contribution is -0.140. The average molecular weight is 259 g/mol. The number of aliphatic hydroxyl groups is 1. The molecule has 1 heterocycles. The Morgan fingerprint density at radius 1 is 1.44 bits per heavy atom. The van der Waals surface area contributed by atoms with Crippen LogP contribution in [0.1, 0.15) is 6.92 Å². The molecule has 0 aliphatic carbocycles. The molecule has 104 valence electrons. The Kier molecular flexibility index (Phi) is 4.92. The molecular formula is C11H21N3O4. The predicted molar refractivity (Wildman–Crippen MR) is 65.3 cm³/mol. The van der Waals surface area contributed by atoms with Gasteiger partial charge in [-0.3, -0.25) is 0 Å². The number of nitrogens with zero attached hydrogens (tertiary/aromatic N) is 2. The zero-order valence-corrected chi connectivity index (χ0v) is 11.0. The van der Waals surface area contributed by atoms with Crippen molar-refractivity contribution in [2.75, 3.05) is 33.8 Å². The first-order valence-electron chi connectivity index (χ1n) is 5.92. The van der Waals surface area contributed by atoms with Crippen LogP contribution in [0.5, 0.6) is 0 Å². The topological polar surface area (TPSA) is 93.1 Å². The fraction of sp³-hybridized carbons (Fsp3) is 0.818. The molecular weight excluding hydrogens is 238 g/mol. The molecule has 2 unspecified atom stereocenters. The predicted octanol–water partition coefficient (Wildman–Crippen LogP) is -0.977. The highest BCUT2D eigenvalue weighted by Crippen LogP contribution is 2.19. The second kappa shape index (κ2) is 6.01. The SMILES string of the molecule is CC1CN(C(=O)N[C@H](CO)C(=O)O)CC1N(C)C. The minimum Gasteiger partial charge on any atom is -0.480 e. The van der Waals surface area contributed by atoms with Crippen LogP contribution in [0.25, 0.3) is 0 Å². The molecule has 0 saturated carbocycles. The van der Waals surface area contributed by atoms with E-state index in [1.54, 1.807) is 4.90 Å². The number of likely N-dealkylation sites (N-methyl/N-ethyl adjacent to an activating group) is 1. The molecule has 18 heavy (non-hydrogen) atoms. The number of nitrogens with one attached hydrogen (secondary N) is 1. The molecule has 0 bridgehead atoms. The van der Waals surface area contributed by atoms with Crippen LogP contribution in [0, 0.1) is 5.92 Å². The molecule has 3 atom stereocenters. The van der Waals surface area contributed by atoms with Gasteiger partial charge in [-0.15, -0.1) is 0 Å². The van der Waals surface area contributed by atoms with Crippen molar-refractivity contribution in [1.82, 2.24) is 15.1 Å². The number of amides is 2. The number of hydrogen-bond acceptors (Lipinski definition) is 4. The first-order chi connectivity index (χ1) is 8.36. The molecule has 0 aromatic carbocycles. The van der Waals surface area contributed by atoms with Crippen LogP contribution in [0.15, 0.2) is 0 Å². The standard InChI is InChI=1S/C11H21N3O4/c1-7-4-14(5-9(7)13(2)3)11(18)12-8(6-15)10(16)17/h7-9,15H,4-6H2,1-3H3,(H,12,18)(H,16,17)/t7?,8-,9?/m1/s1. The zero-order chi connectivity index (χ0) is 13.9. The molecule has 0 aromatic rings. The van der Waals surface area contributed by atoms with E-state index >= 15 is 0 Å². The first kappa shape index (κ1) is 14.7. The number of aliphatic carboxylic acids is 1. The second-order valence-corrected chi connectivity index (χ2v) is 4.94. The molecule has 0 radical (unpaired) electrons. The second-order valence-electron chi connectivity index (χ2n) is 4.94. The van der Waals surface area contributed by atoms with Crippen molar-refractivity contribution in [2.45, 2.75) is 19.0 Å². The van der Waals surface area contributed by atoms with Gasteiger partial charge in [0.1, 0.15) is 0 Å². The lowest BCUT2D eigenvalue weighted by Crippen LogP contribution is -2.49. The number of likely N-dealkylation sites (tertiary alicyclic amines) is 1. The van der Waals surface area contributed by atoms with Gasteiger partial charge in [0, 0.05) is 19.1 Å². The molecule has 7 heteroatoms. The Bertz CT molecular complexity index is 321. The molecule has 3 N–H and O–H groups in total. The Hall–Kier alpha value is -1.34. The summed E-state index contributed by atoms with van der Waals surface area (Å²) >= 11 is 0. The van der Waals surface area contributed by atoms with Crippen LogP contribution in [0.3, 0.4) is 0 Å². The van der Waals surface area contributed by atoms with Gasteiger partial charge in [-0.05, 0) is 20.0 Å². The highest BCUT2D eigenvalue weighted by molar-refractivity contribution is 5.82. The summed E-state index contributed by atoms with van der Waals surface area (Å²) in [6, 6.07) is -1.41. The summed E-state index contributed by atoms with van der Waals surface area (Å²) in [6.45, 7) is 2.60. The molecule has 1 aliphatic heterocycles. The van der Waals surface area contributed by atoms with Gasteiger partial charge in [0.05, 0.1) is 6.61 Å². The van der Waals surface area contributed by atoms with Crippen molar-refractivity contribution in [3.05, 3.63) is 0 Å². The Morgan fingerprint density at radius 3 is 2.44 bits per heavy atom. The number of aliphatic hydroxyl groups excluding tert-OH is 1. The van der Waals surface area contributed by atoms with E-state index in [2.05, 4.69) is 17.1 Å². The average Bonchev–Trinajstić information content (AvgIpc) is 2.67. The van der Waals surface area contributed by atoms with Crippen LogP contribution in [-0.2, 0) is 4.79 Å². The van der Waals surface area contributed by atoms with Crippen molar-refractivity contribution in [3.8, 4) is 0 Å². The Labute approximate surface area is 106 Å². The molecule has 1 rings (SSSR count). The summed E-state index contributed by atoms with van der Waals surface area (Å²) in [5, 5.41) is 19.9. The van der Waals surface area contributed by atoms with Crippen LogP contribution in [-0.4, -0.2) is 77.9 Å². The van der Waals surface area contributed by atoms with Crippen molar-refractivity contribution in [1.29, 1.82) is 0 Å². The van der Waals surface area contributed by atoms with Crippen LogP contribution in [0.4, 0.5) is 4.79 Å². The highest BCUT2D eigenvalue weighted by Gasteiger charge is 2.34. The maximum absolute atomic E-state index is 11.9. The fourth-order valence-corrected chi connectivity index (χ4v) is 2.21. The minimum atomic E-state index is -1.24. The molecule has 1 saturated heterocycles. The van der Waals surface area contributed by atoms with E-state index in [-0.39, 0.29) is 6.04 Å². The Morgan fingerprint density at radius 2 is 2.06 bits per heavy atom. The van der Waals surface area contributed by atoms with Crippen LogP contribution < -0.4 is 5.32 Å². The summed E-state index contributed by atoms with van der Waals surface area (Å²) in [6.07, 6.45) is 0. The van der Waals surface area contributed by atoms with Crippen LogP contribution in [0.2, 0.25) is 0 Å². The lowest BCUT2D eigenvalue weighted by atomic mass is 10.1. The maximum Gasteiger partial charge on any atom is 0.328 e. The van der Waals surface area contributed by atoms with E-state index in [0.29, 0.717) is 19.0 Å². The summed E-state index contributed by atoms with van der Waals surface area (Å²) < 4.78 is 0. The van der Waals surface area contributed by atoms with E-state index in [4.69, 9.17) is 10.2 Å². The van der Waals surface area contributed by atoms with E-state index in [1.165, 1.54) is 0 Å². The number of hydrogen-bond donors (Lipinski definition) is 3. The summed E-state index contributed by atoms with van der Waals surface area (Å²) in [7, 11) is 3.91. The largest absolute Gasteiger partial charge is 0.480 e. The van der Waals surface area contributed by atoms with E-state index < -0.39 is 24.6 Å². The van der Waals surface area contributed by atoms with Gasteiger partial charge in [-0.2, -0.15) is 0 Å². The third-order valence-corrected chi connectivity index (χ3v) is 3.30. The maximum atomic E-state index is 11.9. The summed E-state index contributed by atoms with van der Waals surface area (Å²) in [5.74, 6) is -0.898. The number of carboxylic acid groups (broad SMARTS) is 1. The van der Waals surface area contributed by atoms with Crippen molar-refractivity contribution >= 4 is 12.0 Å². The van der Waals surface area contributed by atoms with Gasteiger partial charge < -0.3 is 25.3 Å². The van der Waals surface area contributed by atoms with Gasteiger partial charge in [-0.25, -0.2) is 9.59 Å². The van der Waals surface area contributed by atoms with Crippen molar-refractivity contribution < 1.29 is 19.8 Å². The number of carbonyl (C=O) groups is 2. The summed E-state index contributed by atoms with van der Waals surface area (Å²) in [5.41, 5.74) is 0. The van der Waals surface area contributed by atoms with Gasteiger partial charge in [0.15, 0.2) is 6.04 Å². The molecule has 7 nitrogen and oxygen atoms in total. The van der Waals surface area contributed by atoms with Gasteiger partial charge in [0.2, 0.25) is 0 Å². The molecule has 2 amide bonds. The van der Waals surface area contributed by atoms with Gasteiger partial charge >= 0.3 is 12.0 Å². The summed E-state index contributed by atoms with van der Waals surface area (Å²) in [4.78, 5) is 26.2. The molecule has 0 spiro atoms. The number of carbonyl (C=O) groups excluding carboxylic acids is 1. The fourth-order valence-electron chi connectivity index (χ4n) is 2.21. The molecule has 0 aromatic heterocycles. The highest BCUT2D eigenvalue weighted by atomic mass is 16.4. The van der Waals surface area contributed by atoms with Crippen molar-refractivity contribution in [2.24, 2.45) is 5.92 Å². The number of carboxylic acids is 1. The molecule has 1 aliphatic rings. The Balaban J connectivity index is 2.56. The van der Waals surface area contributed by atoms with Crippen molar-refractivity contribution in [3.63, 3.8) is 0 Å². The zero-order valence-electron chi connectivity index (χ0n) is 11.0. The first-order valence-corrected chi connectivity index (χ1v) is 5.92. The van der Waals surface area contributed by atoms with Gasteiger partial charge in [-0.1, -0.05) is 6.92 Å². The quantitative estimate of drug-likeness (QED) is 0.603.